The molecule has 0 spiro atoms. The van der Waals surface area contributed by atoms with Crippen LogP contribution >= 0.6 is 0 Å². The quantitative estimate of drug-likeness (QED) is 0.579. The molecule has 2 aromatic rings. The Morgan fingerprint density at radius 1 is 1.15 bits per heavy atom. The van der Waals surface area contributed by atoms with E-state index in [0.29, 0.717) is 12.2 Å². The molecule has 0 bridgehead atoms. The summed E-state index contributed by atoms with van der Waals surface area (Å²) in [6.07, 6.45) is 1.56. The van der Waals surface area contributed by atoms with Gasteiger partial charge in [-0.05, 0) is 40.2 Å². The van der Waals surface area contributed by atoms with Crippen molar-refractivity contribution in [2.24, 2.45) is 0 Å². The van der Waals surface area contributed by atoms with Crippen molar-refractivity contribution in [3.05, 3.63) is 58.3 Å². The number of ether oxygens (including phenoxy) is 1. The van der Waals surface area contributed by atoms with E-state index >= 15 is 0 Å². The fourth-order valence-electron chi connectivity index (χ4n) is 2.82. The van der Waals surface area contributed by atoms with Crippen LogP contribution in [0.2, 0.25) is 0 Å². The van der Waals surface area contributed by atoms with Gasteiger partial charge in [0.25, 0.3) is 0 Å². The first kappa shape index (κ1) is 17.6. The van der Waals surface area contributed by atoms with Gasteiger partial charge in [-0.25, -0.2) is 0 Å². The summed E-state index contributed by atoms with van der Waals surface area (Å²) in [6, 6.07) is 12.4. The maximum atomic E-state index is 10.7. The van der Waals surface area contributed by atoms with E-state index in [1.54, 1.807) is 36.5 Å². The molecule has 1 aliphatic heterocycles. The Hall–Kier alpha value is -3.18. The van der Waals surface area contributed by atoms with Gasteiger partial charge >= 0.3 is 5.82 Å². The highest BCUT2D eigenvalue weighted by molar-refractivity contribution is 5.47. The molecule has 0 saturated carbocycles. The van der Waals surface area contributed by atoms with Crippen molar-refractivity contribution in [3.63, 3.8) is 0 Å². The van der Waals surface area contributed by atoms with E-state index in [4.69, 9.17) is 10.00 Å². The minimum Gasteiger partial charge on any atom is -0.492 e. The molecule has 1 saturated heterocycles. The minimum absolute atomic E-state index is 0.132. The molecular formula is C18H19N5O3. The lowest BCUT2D eigenvalue weighted by Crippen LogP contribution is -2.47. The molecule has 1 aromatic carbocycles. The zero-order chi connectivity index (χ0) is 18.4. The van der Waals surface area contributed by atoms with Crippen LogP contribution < -0.4 is 9.64 Å². The average Bonchev–Trinajstić information content (AvgIpc) is 2.69. The lowest BCUT2D eigenvalue weighted by Gasteiger charge is -2.35. The smallest absolute Gasteiger partial charge is 0.363 e. The second-order valence-corrected chi connectivity index (χ2v) is 5.95. The van der Waals surface area contributed by atoms with Gasteiger partial charge in [-0.2, -0.15) is 5.26 Å². The summed E-state index contributed by atoms with van der Waals surface area (Å²) in [5.74, 6) is 0.631. The summed E-state index contributed by atoms with van der Waals surface area (Å²) in [5.41, 5.74) is 1.53. The van der Waals surface area contributed by atoms with Crippen molar-refractivity contribution in [1.82, 2.24) is 9.88 Å². The van der Waals surface area contributed by atoms with Gasteiger partial charge in [-0.1, -0.05) is 0 Å². The Balaban J connectivity index is 1.42. The normalized spacial score (nSPS) is 14.7. The van der Waals surface area contributed by atoms with Gasteiger partial charge < -0.3 is 19.8 Å². The average molecular weight is 353 g/mol. The van der Waals surface area contributed by atoms with Crippen LogP contribution in [0.1, 0.15) is 5.56 Å². The van der Waals surface area contributed by atoms with E-state index < -0.39 is 4.92 Å². The third kappa shape index (κ3) is 4.46. The number of hydrogen-bond donors (Lipinski definition) is 0. The number of benzene rings is 1. The summed E-state index contributed by atoms with van der Waals surface area (Å²) < 4.78 is 5.72. The van der Waals surface area contributed by atoms with Gasteiger partial charge in [0.05, 0.1) is 17.3 Å². The fraction of sp³-hybridized carbons (Fsp3) is 0.333. The molecule has 0 aliphatic carbocycles. The number of pyridine rings is 1. The number of nitriles is 1. The van der Waals surface area contributed by atoms with E-state index in [-0.39, 0.29) is 5.82 Å². The van der Waals surface area contributed by atoms with Crippen molar-refractivity contribution in [2.75, 3.05) is 44.2 Å². The van der Waals surface area contributed by atoms with Crippen molar-refractivity contribution >= 4 is 11.5 Å². The van der Waals surface area contributed by atoms with E-state index in [9.17, 15) is 10.1 Å². The van der Waals surface area contributed by atoms with Gasteiger partial charge in [-0.15, -0.1) is 0 Å². The van der Waals surface area contributed by atoms with Crippen LogP contribution in [0.5, 0.6) is 5.75 Å². The summed E-state index contributed by atoms with van der Waals surface area (Å²) in [4.78, 5) is 18.5. The largest absolute Gasteiger partial charge is 0.492 e. The van der Waals surface area contributed by atoms with Crippen molar-refractivity contribution < 1.29 is 9.66 Å². The second-order valence-electron chi connectivity index (χ2n) is 5.95. The third-order valence-electron chi connectivity index (χ3n) is 4.32. The zero-order valence-corrected chi connectivity index (χ0v) is 14.2. The summed E-state index contributed by atoms with van der Waals surface area (Å²) in [7, 11) is 0. The first-order chi connectivity index (χ1) is 12.7. The monoisotopic (exact) mass is 353 g/mol. The standard InChI is InChI=1S/C18H19N5O3/c19-13-15-1-4-17(5-2-15)26-12-11-21-7-9-22(10-8-21)16-3-6-18(20-14-16)23(24)25/h1-6,14H,7-12H2. The van der Waals surface area contributed by atoms with Gasteiger partial charge in [0, 0.05) is 38.8 Å². The Morgan fingerprint density at radius 2 is 1.88 bits per heavy atom. The highest BCUT2D eigenvalue weighted by atomic mass is 16.6. The Labute approximate surface area is 151 Å². The molecule has 1 aliphatic rings. The summed E-state index contributed by atoms with van der Waals surface area (Å²) in [6.45, 7) is 4.89. The molecule has 0 N–H and O–H groups in total. The second kappa shape index (κ2) is 8.27. The molecule has 134 valence electrons. The molecule has 1 aromatic heterocycles. The van der Waals surface area contributed by atoms with E-state index in [0.717, 1.165) is 44.2 Å². The first-order valence-corrected chi connectivity index (χ1v) is 8.36. The van der Waals surface area contributed by atoms with Crippen molar-refractivity contribution in [3.8, 4) is 11.8 Å². The number of nitrogens with zero attached hydrogens (tertiary/aromatic N) is 5. The number of piperazine rings is 1. The van der Waals surface area contributed by atoms with Crippen LogP contribution in [0.25, 0.3) is 0 Å². The highest BCUT2D eigenvalue weighted by Gasteiger charge is 2.18. The Bertz CT molecular complexity index is 778. The maximum Gasteiger partial charge on any atom is 0.363 e. The predicted molar refractivity (Wildman–Crippen MR) is 96.2 cm³/mol. The van der Waals surface area contributed by atoms with Gasteiger partial charge in [0.2, 0.25) is 0 Å². The molecule has 1 fully saturated rings. The summed E-state index contributed by atoms with van der Waals surface area (Å²) >= 11 is 0. The third-order valence-corrected chi connectivity index (χ3v) is 4.32. The lowest BCUT2D eigenvalue weighted by molar-refractivity contribution is -0.389. The van der Waals surface area contributed by atoms with Crippen LogP contribution in [-0.4, -0.2) is 54.1 Å². The van der Waals surface area contributed by atoms with E-state index in [1.165, 1.54) is 6.07 Å². The molecule has 26 heavy (non-hydrogen) atoms. The summed E-state index contributed by atoms with van der Waals surface area (Å²) in [5, 5.41) is 19.4. The molecule has 8 heteroatoms. The van der Waals surface area contributed by atoms with Gasteiger partial charge in [0.1, 0.15) is 12.4 Å². The molecule has 2 heterocycles. The number of nitro groups is 1. The highest BCUT2D eigenvalue weighted by Crippen LogP contribution is 2.18. The molecule has 0 amide bonds. The molecule has 0 radical (unpaired) electrons. The van der Waals surface area contributed by atoms with Gasteiger partial charge in [0.15, 0.2) is 6.20 Å². The fourth-order valence-corrected chi connectivity index (χ4v) is 2.82. The van der Waals surface area contributed by atoms with Crippen LogP contribution in [0.3, 0.4) is 0 Å². The Morgan fingerprint density at radius 3 is 2.46 bits per heavy atom. The number of anilines is 1. The molecular weight excluding hydrogens is 334 g/mol. The number of hydrogen-bond acceptors (Lipinski definition) is 7. The van der Waals surface area contributed by atoms with E-state index in [2.05, 4.69) is 20.9 Å². The predicted octanol–water partition coefficient (Wildman–Crippen LogP) is 2.06. The molecule has 8 nitrogen and oxygen atoms in total. The maximum absolute atomic E-state index is 10.7. The van der Waals surface area contributed by atoms with Crippen LogP contribution in [-0.2, 0) is 0 Å². The minimum atomic E-state index is -0.490. The van der Waals surface area contributed by atoms with Crippen LogP contribution in [0, 0.1) is 21.4 Å². The van der Waals surface area contributed by atoms with Crippen molar-refractivity contribution in [1.29, 1.82) is 5.26 Å². The van der Waals surface area contributed by atoms with Gasteiger partial charge in [-0.3, -0.25) is 4.90 Å². The zero-order valence-electron chi connectivity index (χ0n) is 14.2. The molecule has 0 atom stereocenters. The number of aromatic nitrogens is 1. The topological polar surface area (TPSA) is 95.5 Å². The molecule has 3 rings (SSSR count). The van der Waals surface area contributed by atoms with Crippen molar-refractivity contribution in [2.45, 2.75) is 0 Å². The Kier molecular flexibility index (Phi) is 5.61. The molecule has 0 unspecified atom stereocenters. The first-order valence-electron chi connectivity index (χ1n) is 8.36. The lowest BCUT2D eigenvalue weighted by atomic mass is 10.2. The SMILES string of the molecule is N#Cc1ccc(OCCN2CCN(c3ccc([N+](=O)[O-])nc3)CC2)cc1. The van der Waals surface area contributed by atoms with E-state index in [1.807, 2.05) is 0 Å². The number of rotatable bonds is 6. The van der Waals surface area contributed by atoms with Crippen LogP contribution in [0.4, 0.5) is 11.5 Å². The van der Waals surface area contributed by atoms with Crippen LogP contribution in [0.15, 0.2) is 42.6 Å².